The fourth-order valence-electron chi connectivity index (χ4n) is 1.13. The lowest BCUT2D eigenvalue weighted by molar-refractivity contribution is 0.157. The molecule has 0 saturated carbocycles. The molecule has 0 aromatic heterocycles. The molecule has 0 spiro atoms. The van der Waals surface area contributed by atoms with Crippen LogP contribution in [-0.2, 0) is 0 Å². The van der Waals surface area contributed by atoms with Crippen molar-refractivity contribution >= 4 is 0 Å². The number of rotatable bonds is 4. The van der Waals surface area contributed by atoms with Crippen LogP contribution in [0.1, 0.15) is 33.6 Å². The van der Waals surface area contributed by atoms with Gasteiger partial charge in [0.25, 0.3) is 0 Å². The first-order valence-corrected chi connectivity index (χ1v) is 4.00. The third kappa shape index (κ3) is 3.18. The van der Waals surface area contributed by atoms with E-state index in [0.717, 1.165) is 12.8 Å². The molecule has 0 bridgehead atoms. The minimum Gasteiger partial charge on any atom is -0.412 e. The largest absolute Gasteiger partial charge is 0.412 e. The number of hydrogen-bond acceptors (Lipinski definition) is 2. The van der Waals surface area contributed by atoms with E-state index in [1.165, 1.54) is 0 Å². The van der Waals surface area contributed by atoms with Crippen molar-refractivity contribution in [3.63, 3.8) is 0 Å². The summed E-state index contributed by atoms with van der Waals surface area (Å²) in [6.45, 7) is 6.32. The minimum atomic E-state index is -0.158. The molecule has 0 aromatic carbocycles. The Hall–Kier alpha value is -0.120. The first-order chi connectivity index (χ1) is 4.60. The van der Waals surface area contributed by atoms with Gasteiger partial charge in [-0.25, -0.2) is 0 Å². The molecule has 0 aliphatic carbocycles. The van der Waals surface area contributed by atoms with Crippen molar-refractivity contribution in [3.05, 3.63) is 0 Å². The summed E-state index contributed by atoms with van der Waals surface area (Å²) in [4.78, 5) is 0. The summed E-state index contributed by atoms with van der Waals surface area (Å²) < 4.78 is 0. The molecular formula is C8H21NO2. The van der Waals surface area contributed by atoms with Gasteiger partial charge in [0.1, 0.15) is 0 Å². The maximum absolute atomic E-state index is 8.85. The molecule has 1 unspecified atom stereocenters. The summed E-state index contributed by atoms with van der Waals surface area (Å²) in [7, 11) is 0. The average Bonchev–Trinajstić information content (AvgIpc) is 2.01. The molecule has 0 saturated heterocycles. The van der Waals surface area contributed by atoms with E-state index >= 15 is 0 Å². The molecule has 0 amide bonds. The van der Waals surface area contributed by atoms with Crippen LogP contribution in [0.4, 0.5) is 0 Å². The van der Waals surface area contributed by atoms with Gasteiger partial charge >= 0.3 is 0 Å². The second-order valence-corrected chi connectivity index (χ2v) is 3.02. The first kappa shape index (κ1) is 13.5. The zero-order chi connectivity index (χ0) is 8.20. The number of aliphatic hydroxyl groups is 1. The van der Waals surface area contributed by atoms with Crippen molar-refractivity contribution < 1.29 is 10.6 Å². The van der Waals surface area contributed by atoms with Gasteiger partial charge in [-0.1, -0.05) is 20.8 Å². The number of nitrogens with two attached hydrogens (primary N) is 1. The Morgan fingerprint density at radius 2 is 1.73 bits per heavy atom. The Labute approximate surface area is 68.9 Å². The molecule has 0 aliphatic rings. The summed E-state index contributed by atoms with van der Waals surface area (Å²) in [6, 6.07) is 0. The van der Waals surface area contributed by atoms with Crippen LogP contribution in [0.15, 0.2) is 0 Å². The molecule has 0 radical (unpaired) electrons. The quantitative estimate of drug-likeness (QED) is 0.625. The van der Waals surface area contributed by atoms with Crippen LogP contribution in [0.5, 0.6) is 0 Å². The molecule has 70 valence electrons. The topological polar surface area (TPSA) is 77.8 Å². The molecule has 0 rings (SSSR count). The highest BCUT2D eigenvalue weighted by atomic mass is 16.3. The highest BCUT2D eigenvalue weighted by molar-refractivity contribution is 4.85. The van der Waals surface area contributed by atoms with E-state index in [-0.39, 0.29) is 23.5 Å². The van der Waals surface area contributed by atoms with Gasteiger partial charge in [-0.2, -0.15) is 0 Å². The van der Waals surface area contributed by atoms with Crippen molar-refractivity contribution in [2.24, 2.45) is 11.7 Å². The van der Waals surface area contributed by atoms with Gasteiger partial charge in [0.2, 0.25) is 0 Å². The molecule has 5 N–H and O–H groups in total. The second kappa shape index (κ2) is 5.52. The summed E-state index contributed by atoms with van der Waals surface area (Å²) in [5.41, 5.74) is 5.83. The Morgan fingerprint density at radius 1 is 1.36 bits per heavy atom. The number of hydrogen-bond donors (Lipinski definition) is 2. The lowest BCUT2D eigenvalue weighted by Crippen LogP contribution is -2.46. The summed E-state index contributed by atoms with van der Waals surface area (Å²) in [5.74, 6) is 0.211. The molecule has 11 heavy (non-hydrogen) atoms. The van der Waals surface area contributed by atoms with Crippen LogP contribution >= 0.6 is 0 Å². The lowest BCUT2D eigenvalue weighted by Gasteiger charge is -2.32. The van der Waals surface area contributed by atoms with Crippen molar-refractivity contribution in [1.29, 1.82) is 0 Å². The van der Waals surface area contributed by atoms with Crippen LogP contribution in [0.2, 0.25) is 0 Å². The van der Waals surface area contributed by atoms with Gasteiger partial charge in [-0.05, 0) is 18.8 Å². The maximum atomic E-state index is 8.85. The predicted octanol–water partition coefficient (Wildman–Crippen LogP) is 0.308. The summed E-state index contributed by atoms with van der Waals surface area (Å²) in [5, 5.41) is 8.85. The van der Waals surface area contributed by atoms with Crippen molar-refractivity contribution in [2.45, 2.75) is 39.2 Å². The van der Waals surface area contributed by atoms with Crippen LogP contribution in [0.25, 0.3) is 0 Å². The third-order valence-corrected chi connectivity index (χ3v) is 2.57. The van der Waals surface area contributed by atoms with Crippen LogP contribution in [0, 0.1) is 5.92 Å². The van der Waals surface area contributed by atoms with E-state index in [1.807, 2.05) is 6.92 Å². The predicted molar refractivity (Wildman–Crippen MR) is 47.4 cm³/mol. The molecule has 3 heteroatoms. The monoisotopic (exact) mass is 163 g/mol. The molecule has 0 aliphatic heterocycles. The zero-order valence-electron chi connectivity index (χ0n) is 7.72. The molecular weight excluding hydrogens is 142 g/mol. The van der Waals surface area contributed by atoms with Crippen LogP contribution in [-0.4, -0.2) is 22.7 Å². The Bertz CT molecular complexity index is 92.1. The van der Waals surface area contributed by atoms with E-state index in [4.69, 9.17) is 10.8 Å². The normalized spacial score (nSPS) is 13.9. The summed E-state index contributed by atoms with van der Waals surface area (Å²) in [6.07, 6.45) is 1.87. The van der Waals surface area contributed by atoms with Crippen molar-refractivity contribution in [2.75, 3.05) is 6.61 Å². The van der Waals surface area contributed by atoms with Crippen LogP contribution in [0.3, 0.4) is 0 Å². The SMILES string of the molecule is CCC(N)(CC)C(C)CO.O. The van der Waals surface area contributed by atoms with Gasteiger partial charge in [0.15, 0.2) is 0 Å². The Kier molecular flexibility index (Phi) is 6.76. The molecule has 0 fully saturated rings. The second-order valence-electron chi connectivity index (χ2n) is 3.02. The van der Waals surface area contributed by atoms with E-state index in [9.17, 15) is 0 Å². The average molecular weight is 163 g/mol. The van der Waals surface area contributed by atoms with Gasteiger partial charge < -0.3 is 16.3 Å². The fraction of sp³-hybridized carbons (Fsp3) is 1.00. The van der Waals surface area contributed by atoms with Gasteiger partial charge in [-0.3, -0.25) is 0 Å². The smallest absolute Gasteiger partial charge is 0.0474 e. The molecule has 0 aromatic rings. The van der Waals surface area contributed by atoms with Crippen molar-refractivity contribution in [3.8, 4) is 0 Å². The van der Waals surface area contributed by atoms with Crippen molar-refractivity contribution in [1.82, 2.24) is 0 Å². The minimum absolute atomic E-state index is 0. The Morgan fingerprint density at radius 3 is 1.82 bits per heavy atom. The summed E-state index contributed by atoms with van der Waals surface area (Å²) >= 11 is 0. The fourth-order valence-corrected chi connectivity index (χ4v) is 1.13. The lowest BCUT2D eigenvalue weighted by atomic mass is 9.82. The molecule has 1 atom stereocenters. The van der Waals surface area contributed by atoms with E-state index in [0.29, 0.717) is 0 Å². The van der Waals surface area contributed by atoms with Gasteiger partial charge in [0, 0.05) is 12.1 Å². The van der Waals surface area contributed by atoms with Crippen LogP contribution < -0.4 is 5.73 Å². The van der Waals surface area contributed by atoms with E-state index in [1.54, 1.807) is 0 Å². The highest BCUT2D eigenvalue weighted by Crippen LogP contribution is 2.21. The highest BCUT2D eigenvalue weighted by Gasteiger charge is 2.26. The maximum Gasteiger partial charge on any atom is 0.0474 e. The van der Waals surface area contributed by atoms with Gasteiger partial charge in [-0.15, -0.1) is 0 Å². The Balaban J connectivity index is 0. The number of aliphatic hydroxyl groups excluding tert-OH is 1. The van der Waals surface area contributed by atoms with E-state index < -0.39 is 0 Å². The van der Waals surface area contributed by atoms with Gasteiger partial charge in [0.05, 0.1) is 0 Å². The van der Waals surface area contributed by atoms with E-state index in [2.05, 4.69) is 13.8 Å². The first-order valence-electron chi connectivity index (χ1n) is 4.00. The zero-order valence-corrected chi connectivity index (χ0v) is 7.72. The molecule has 3 nitrogen and oxygen atoms in total. The standard InChI is InChI=1S/C8H19NO.H2O/c1-4-8(9,5-2)7(3)6-10;/h7,10H,4-6,9H2,1-3H3;1H2. The molecule has 0 heterocycles. The third-order valence-electron chi connectivity index (χ3n) is 2.57.